The molecule has 1 aromatic rings. The summed E-state index contributed by atoms with van der Waals surface area (Å²) in [5.74, 6) is 0. The van der Waals surface area contributed by atoms with Gasteiger partial charge in [-0.05, 0) is 50.6 Å². The van der Waals surface area contributed by atoms with Gasteiger partial charge >= 0.3 is 6.03 Å². The minimum Gasteiger partial charge on any atom is -0.321 e. The van der Waals surface area contributed by atoms with Gasteiger partial charge in [-0.3, -0.25) is 4.90 Å². The predicted molar refractivity (Wildman–Crippen MR) is 81.0 cm³/mol. The first-order valence-corrected chi connectivity index (χ1v) is 7.59. The molecule has 4 heteroatoms. The first kappa shape index (κ1) is 13.4. The Labute approximate surface area is 120 Å². The minimum absolute atomic E-state index is 0.0314. The fourth-order valence-corrected chi connectivity index (χ4v) is 3.06. The summed E-state index contributed by atoms with van der Waals surface area (Å²) in [4.78, 5) is 16.6. The zero-order valence-electron chi connectivity index (χ0n) is 12.1. The van der Waals surface area contributed by atoms with E-state index in [-0.39, 0.29) is 6.03 Å². The van der Waals surface area contributed by atoms with Gasteiger partial charge in [0, 0.05) is 24.8 Å². The molecule has 1 N–H and O–H groups in total. The zero-order valence-corrected chi connectivity index (χ0v) is 12.1. The molecule has 0 saturated carbocycles. The topological polar surface area (TPSA) is 35.6 Å². The third-order valence-electron chi connectivity index (χ3n) is 4.33. The van der Waals surface area contributed by atoms with E-state index in [0.717, 1.165) is 24.3 Å². The number of aryl methyl sites for hydroxylation is 1. The second-order valence-electron chi connectivity index (χ2n) is 5.96. The molecule has 4 nitrogen and oxygen atoms in total. The van der Waals surface area contributed by atoms with Gasteiger partial charge in [-0.25, -0.2) is 4.79 Å². The lowest BCUT2D eigenvalue weighted by atomic mass is 10.0. The third-order valence-corrected chi connectivity index (χ3v) is 4.33. The number of rotatable bonds is 2. The van der Waals surface area contributed by atoms with Gasteiger partial charge in [-0.15, -0.1) is 0 Å². The molecule has 108 valence electrons. The van der Waals surface area contributed by atoms with Crippen molar-refractivity contribution in [1.82, 2.24) is 9.80 Å². The number of benzene rings is 1. The fourth-order valence-electron chi connectivity index (χ4n) is 3.06. The normalized spacial score (nSPS) is 20.6. The van der Waals surface area contributed by atoms with Crippen molar-refractivity contribution in [2.75, 3.05) is 31.5 Å². The van der Waals surface area contributed by atoms with Crippen LogP contribution in [-0.4, -0.2) is 48.1 Å². The summed E-state index contributed by atoms with van der Waals surface area (Å²) in [5, 5.41) is 2.98. The number of amides is 2. The Morgan fingerprint density at radius 3 is 2.65 bits per heavy atom. The van der Waals surface area contributed by atoms with Gasteiger partial charge in [0.25, 0.3) is 0 Å². The van der Waals surface area contributed by atoms with Gasteiger partial charge in [0.1, 0.15) is 0 Å². The Morgan fingerprint density at radius 1 is 1.20 bits per heavy atom. The molecule has 1 aromatic carbocycles. The summed E-state index contributed by atoms with van der Waals surface area (Å²) in [7, 11) is 0. The summed E-state index contributed by atoms with van der Waals surface area (Å²) in [6.07, 6.45) is 3.98. The average molecular weight is 273 g/mol. The molecule has 2 heterocycles. The molecule has 0 bridgehead atoms. The van der Waals surface area contributed by atoms with Crippen molar-refractivity contribution < 1.29 is 4.79 Å². The smallest absolute Gasteiger partial charge is 0.321 e. The average Bonchev–Trinajstić information content (AvgIpc) is 2.38. The minimum atomic E-state index is 0.0314. The highest BCUT2D eigenvalue weighted by molar-refractivity contribution is 5.90. The summed E-state index contributed by atoms with van der Waals surface area (Å²) < 4.78 is 0. The zero-order chi connectivity index (χ0) is 13.9. The predicted octanol–water partition coefficient (Wildman–Crippen LogP) is 2.70. The maximum atomic E-state index is 12.1. The lowest BCUT2D eigenvalue weighted by molar-refractivity contribution is 0.0493. The second kappa shape index (κ2) is 5.83. The maximum Gasteiger partial charge on any atom is 0.321 e. The van der Waals surface area contributed by atoms with Crippen molar-refractivity contribution in [2.24, 2.45) is 0 Å². The van der Waals surface area contributed by atoms with E-state index in [0.29, 0.717) is 6.04 Å². The first-order chi connectivity index (χ1) is 9.72. The standard InChI is InChI=1S/C16H23N3O/c1-13-6-5-7-14(10-13)17-16(20)19-11-15(12-19)18-8-3-2-4-9-18/h5-7,10,15H,2-4,8-9,11-12H2,1H3,(H,17,20). The Hall–Kier alpha value is -1.55. The number of hydrogen-bond acceptors (Lipinski definition) is 2. The molecule has 2 fully saturated rings. The number of anilines is 1. The number of carbonyl (C=O) groups excluding carboxylic acids is 1. The van der Waals surface area contributed by atoms with Crippen LogP contribution in [0.4, 0.5) is 10.5 Å². The lowest BCUT2D eigenvalue weighted by Crippen LogP contribution is -2.62. The van der Waals surface area contributed by atoms with E-state index in [4.69, 9.17) is 0 Å². The van der Waals surface area contributed by atoms with Crippen molar-refractivity contribution in [3.63, 3.8) is 0 Å². The maximum absolute atomic E-state index is 12.1. The largest absolute Gasteiger partial charge is 0.321 e. The van der Waals surface area contributed by atoms with E-state index in [1.165, 1.54) is 32.4 Å². The van der Waals surface area contributed by atoms with E-state index in [1.807, 2.05) is 36.1 Å². The Balaban J connectivity index is 1.48. The quantitative estimate of drug-likeness (QED) is 0.899. The van der Waals surface area contributed by atoms with Gasteiger partial charge in [0.05, 0.1) is 0 Å². The van der Waals surface area contributed by atoms with Crippen LogP contribution in [0.25, 0.3) is 0 Å². The van der Waals surface area contributed by atoms with Crippen molar-refractivity contribution in [3.8, 4) is 0 Å². The molecule has 3 rings (SSSR count). The molecule has 20 heavy (non-hydrogen) atoms. The SMILES string of the molecule is Cc1cccc(NC(=O)N2CC(N3CCCCC3)C2)c1. The van der Waals surface area contributed by atoms with Crippen LogP contribution in [0.3, 0.4) is 0 Å². The number of urea groups is 1. The molecule has 2 saturated heterocycles. The molecule has 0 atom stereocenters. The number of piperidine rings is 1. The Bertz CT molecular complexity index is 476. The first-order valence-electron chi connectivity index (χ1n) is 7.59. The molecule has 2 amide bonds. The highest BCUT2D eigenvalue weighted by Gasteiger charge is 2.35. The number of likely N-dealkylation sites (tertiary alicyclic amines) is 2. The van der Waals surface area contributed by atoms with E-state index < -0.39 is 0 Å². The molecular weight excluding hydrogens is 250 g/mol. The third kappa shape index (κ3) is 2.96. The van der Waals surface area contributed by atoms with Crippen LogP contribution >= 0.6 is 0 Å². The van der Waals surface area contributed by atoms with Crippen LogP contribution in [0.1, 0.15) is 24.8 Å². The summed E-state index contributed by atoms with van der Waals surface area (Å²) in [6.45, 7) is 6.19. The van der Waals surface area contributed by atoms with E-state index >= 15 is 0 Å². The van der Waals surface area contributed by atoms with Crippen LogP contribution in [0.2, 0.25) is 0 Å². The summed E-state index contributed by atoms with van der Waals surface area (Å²) in [6, 6.07) is 8.55. The van der Waals surface area contributed by atoms with Gasteiger partial charge in [0.2, 0.25) is 0 Å². The van der Waals surface area contributed by atoms with Crippen LogP contribution < -0.4 is 5.32 Å². The molecular formula is C16H23N3O. The molecule has 2 aliphatic rings. The highest BCUT2D eigenvalue weighted by atomic mass is 16.2. The monoisotopic (exact) mass is 273 g/mol. The van der Waals surface area contributed by atoms with Crippen LogP contribution in [-0.2, 0) is 0 Å². The van der Waals surface area contributed by atoms with Crippen molar-refractivity contribution in [2.45, 2.75) is 32.2 Å². The summed E-state index contributed by atoms with van der Waals surface area (Å²) in [5.41, 5.74) is 2.05. The van der Waals surface area contributed by atoms with Gasteiger partial charge in [-0.2, -0.15) is 0 Å². The molecule has 2 aliphatic heterocycles. The van der Waals surface area contributed by atoms with Crippen molar-refractivity contribution in [3.05, 3.63) is 29.8 Å². The molecule has 0 radical (unpaired) electrons. The van der Waals surface area contributed by atoms with Crippen LogP contribution in [0.15, 0.2) is 24.3 Å². The van der Waals surface area contributed by atoms with Gasteiger partial charge in [-0.1, -0.05) is 18.6 Å². The number of nitrogens with zero attached hydrogens (tertiary/aromatic N) is 2. The van der Waals surface area contributed by atoms with E-state index in [9.17, 15) is 4.79 Å². The lowest BCUT2D eigenvalue weighted by Gasteiger charge is -2.46. The number of carbonyl (C=O) groups is 1. The van der Waals surface area contributed by atoms with Crippen molar-refractivity contribution >= 4 is 11.7 Å². The molecule has 0 unspecified atom stereocenters. The molecule has 0 aliphatic carbocycles. The van der Waals surface area contributed by atoms with Crippen LogP contribution in [0, 0.1) is 6.92 Å². The highest BCUT2D eigenvalue weighted by Crippen LogP contribution is 2.21. The number of hydrogen-bond donors (Lipinski definition) is 1. The molecule has 0 spiro atoms. The fraction of sp³-hybridized carbons (Fsp3) is 0.562. The van der Waals surface area contributed by atoms with Crippen molar-refractivity contribution in [1.29, 1.82) is 0 Å². The number of nitrogens with one attached hydrogen (secondary N) is 1. The van der Waals surface area contributed by atoms with Gasteiger partial charge in [0.15, 0.2) is 0 Å². The van der Waals surface area contributed by atoms with E-state index in [2.05, 4.69) is 10.2 Å². The van der Waals surface area contributed by atoms with Gasteiger partial charge < -0.3 is 10.2 Å². The molecule has 0 aromatic heterocycles. The van der Waals surface area contributed by atoms with Crippen LogP contribution in [0.5, 0.6) is 0 Å². The summed E-state index contributed by atoms with van der Waals surface area (Å²) >= 11 is 0. The van der Waals surface area contributed by atoms with E-state index in [1.54, 1.807) is 0 Å². The Kier molecular flexibility index (Phi) is 3.92. The Morgan fingerprint density at radius 2 is 1.95 bits per heavy atom. The second-order valence-corrected chi connectivity index (χ2v) is 5.96.